The van der Waals surface area contributed by atoms with E-state index in [1.165, 1.54) is 0 Å². The molecule has 0 aliphatic rings. The number of halogens is 3. The van der Waals surface area contributed by atoms with E-state index in [0.717, 1.165) is 4.47 Å². The van der Waals surface area contributed by atoms with Crippen LogP contribution in [0.4, 0.5) is 0 Å². The lowest BCUT2D eigenvalue weighted by Gasteiger charge is -2.08. The van der Waals surface area contributed by atoms with Crippen molar-refractivity contribution in [2.45, 2.75) is 0 Å². The fourth-order valence-electron chi connectivity index (χ4n) is 0.998. The Hall–Kier alpha value is -0.490. The Morgan fingerprint density at radius 3 is 2.82 bits per heavy atom. The first kappa shape index (κ1) is 16.5. The zero-order chi connectivity index (χ0) is 12.0. The van der Waals surface area contributed by atoms with Crippen LogP contribution in [0.1, 0.15) is 0 Å². The van der Waals surface area contributed by atoms with Crippen LogP contribution in [0.2, 0.25) is 5.02 Å². The van der Waals surface area contributed by atoms with E-state index in [1.54, 1.807) is 18.2 Å². The SMILES string of the molecule is Cl.NCCNC(=O)COc1ccc(Br)cc1Cl. The van der Waals surface area contributed by atoms with Gasteiger partial charge in [-0.1, -0.05) is 27.5 Å². The molecule has 0 radical (unpaired) electrons. The molecule has 0 aromatic heterocycles. The molecule has 0 saturated carbocycles. The van der Waals surface area contributed by atoms with Gasteiger partial charge in [-0.2, -0.15) is 0 Å². The molecule has 1 amide bonds. The molecule has 0 aliphatic heterocycles. The lowest BCUT2D eigenvalue weighted by atomic mass is 10.3. The van der Waals surface area contributed by atoms with Gasteiger partial charge in [-0.25, -0.2) is 0 Å². The summed E-state index contributed by atoms with van der Waals surface area (Å²) in [6.07, 6.45) is 0. The summed E-state index contributed by atoms with van der Waals surface area (Å²) in [7, 11) is 0. The molecule has 3 N–H and O–H groups in total. The van der Waals surface area contributed by atoms with Gasteiger partial charge in [0, 0.05) is 17.6 Å². The van der Waals surface area contributed by atoms with Gasteiger partial charge in [0.1, 0.15) is 5.75 Å². The summed E-state index contributed by atoms with van der Waals surface area (Å²) in [5, 5.41) is 3.05. The van der Waals surface area contributed by atoms with Crippen LogP contribution in [0, 0.1) is 0 Å². The highest BCUT2D eigenvalue weighted by atomic mass is 79.9. The highest BCUT2D eigenvalue weighted by molar-refractivity contribution is 9.10. The number of nitrogens with two attached hydrogens (primary N) is 1. The van der Waals surface area contributed by atoms with Crippen molar-refractivity contribution in [2.75, 3.05) is 19.7 Å². The van der Waals surface area contributed by atoms with E-state index in [0.29, 0.717) is 23.9 Å². The Morgan fingerprint density at radius 1 is 1.53 bits per heavy atom. The first-order chi connectivity index (χ1) is 7.63. The van der Waals surface area contributed by atoms with Crippen LogP contribution in [0.3, 0.4) is 0 Å². The summed E-state index contributed by atoms with van der Waals surface area (Å²) >= 11 is 9.19. The Balaban J connectivity index is 0.00000256. The zero-order valence-corrected chi connectivity index (χ0v) is 12.1. The van der Waals surface area contributed by atoms with Gasteiger partial charge in [-0.15, -0.1) is 12.4 Å². The highest BCUT2D eigenvalue weighted by Crippen LogP contribution is 2.27. The van der Waals surface area contributed by atoms with Crippen LogP contribution in [0.15, 0.2) is 22.7 Å². The number of hydrogen-bond donors (Lipinski definition) is 2. The first-order valence-corrected chi connectivity index (χ1v) is 5.85. The smallest absolute Gasteiger partial charge is 0.257 e. The van der Waals surface area contributed by atoms with Gasteiger partial charge in [0.2, 0.25) is 0 Å². The van der Waals surface area contributed by atoms with Crippen LogP contribution in [-0.4, -0.2) is 25.6 Å². The summed E-state index contributed by atoms with van der Waals surface area (Å²) in [5.41, 5.74) is 5.24. The van der Waals surface area contributed by atoms with Crippen molar-refractivity contribution in [1.82, 2.24) is 5.32 Å². The monoisotopic (exact) mass is 342 g/mol. The van der Waals surface area contributed by atoms with Crippen molar-refractivity contribution in [2.24, 2.45) is 5.73 Å². The predicted molar refractivity (Wildman–Crippen MR) is 74.0 cm³/mol. The molecule has 0 atom stereocenters. The third-order valence-corrected chi connectivity index (χ3v) is 2.51. The van der Waals surface area contributed by atoms with Crippen LogP contribution < -0.4 is 15.8 Å². The zero-order valence-electron chi connectivity index (χ0n) is 8.91. The van der Waals surface area contributed by atoms with E-state index >= 15 is 0 Å². The number of carbonyl (C=O) groups excluding carboxylic acids is 1. The average Bonchev–Trinajstić information content (AvgIpc) is 2.25. The minimum Gasteiger partial charge on any atom is -0.482 e. The molecule has 0 unspecified atom stereocenters. The second kappa shape index (κ2) is 8.58. The molecule has 7 heteroatoms. The number of rotatable bonds is 5. The van der Waals surface area contributed by atoms with E-state index < -0.39 is 0 Å². The molecule has 1 aromatic rings. The maximum absolute atomic E-state index is 11.2. The summed E-state index contributed by atoms with van der Waals surface area (Å²) in [6.45, 7) is 0.780. The van der Waals surface area contributed by atoms with E-state index in [-0.39, 0.29) is 24.9 Å². The van der Waals surface area contributed by atoms with E-state index in [9.17, 15) is 4.79 Å². The molecule has 0 aliphatic carbocycles. The molecule has 4 nitrogen and oxygen atoms in total. The van der Waals surface area contributed by atoms with Gasteiger partial charge in [-0.3, -0.25) is 4.79 Å². The van der Waals surface area contributed by atoms with Crippen molar-refractivity contribution >= 4 is 45.8 Å². The van der Waals surface area contributed by atoms with Gasteiger partial charge in [-0.05, 0) is 18.2 Å². The largest absolute Gasteiger partial charge is 0.482 e. The van der Waals surface area contributed by atoms with Crippen molar-refractivity contribution in [3.05, 3.63) is 27.7 Å². The lowest BCUT2D eigenvalue weighted by Crippen LogP contribution is -2.32. The number of hydrogen-bond acceptors (Lipinski definition) is 3. The summed E-state index contributed by atoms with van der Waals surface area (Å²) in [4.78, 5) is 11.2. The first-order valence-electron chi connectivity index (χ1n) is 4.68. The molecule has 0 fully saturated rings. The molecular weight excluding hydrogens is 331 g/mol. The van der Waals surface area contributed by atoms with Crippen molar-refractivity contribution < 1.29 is 9.53 Å². The minimum absolute atomic E-state index is 0. The molecular formula is C10H13BrCl2N2O2. The molecule has 96 valence electrons. The molecule has 1 rings (SSSR count). The van der Waals surface area contributed by atoms with Crippen molar-refractivity contribution in [3.63, 3.8) is 0 Å². The fraction of sp³-hybridized carbons (Fsp3) is 0.300. The topological polar surface area (TPSA) is 64.3 Å². The Morgan fingerprint density at radius 2 is 2.24 bits per heavy atom. The van der Waals surface area contributed by atoms with E-state index in [2.05, 4.69) is 21.2 Å². The predicted octanol–water partition coefficient (Wildman–Crippen LogP) is 1.98. The molecule has 1 aromatic carbocycles. The Kier molecular flexibility index (Phi) is 8.33. The fourth-order valence-corrected chi connectivity index (χ4v) is 1.73. The average molecular weight is 344 g/mol. The normalized spacial score (nSPS) is 9.35. The summed E-state index contributed by atoms with van der Waals surface area (Å²) < 4.78 is 6.10. The van der Waals surface area contributed by atoms with Gasteiger partial charge in [0.15, 0.2) is 6.61 Å². The van der Waals surface area contributed by atoms with Gasteiger partial charge in [0.25, 0.3) is 5.91 Å². The van der Waals surface area contributed by atoms with Crippen molar-refractivity contribution in [3.8, 4) is 5.75 Å². The second-order valence-electron chi connectivity index (χ2n) is 3.00. The lowest BCUT2D eigenvalue weighted by molar-refractivity contribution is -0.123. The standard InChI is InChI=1S/C10H12BrClN2O2.ClH/c11-7-1-2-9(8(12)5-7)16-6-10(15)14-4-3-13;/h1-2,5H,3-4,6,13H2,(H,14,15);1H. The van der Waals surface area contributed by atoms with Gasteiger partial charge >= 0.3 is 0 Å². The minimum atomic E-state index is -0.218. The van der Waals surface area contributed by atoms with E-state index in [4.69, 9.17) is 22.1 Å². The Labute approximate surface area is 119 Å². The van der Waals surface area contributed by atoms with E-state index in [1.807, 2.05) is 0 Å². The molecule has 0 heterocycles. The number of carbonyl (C=O) groups is 1. The number of benzene rings is 1. The van der Waals surface area contributed by atoms with Gasteiger partial charge in [0.05, 0.1) is 5.02 Å². The van der Waals surface area contributed by atoms with Crippen LogP contribution in [-0.2, 0) is 4.79 Å². The molecule has 0 spiro atoms. The summed E-state index contributed by atoms with van der Waals surface area (Å²) in [5.74, 6) is 0.261. The van der Waals surface area contributed by atoms with Crippen molar-refractivity contribution in [1.29, 1.82) is 0 Å². The van der Waals surface area contributed by atoms with Crippen LogP contribution in [0.25, 0.3) is 0 Å². The summed E-state index contributed by atoms with van der Waals surface area (Å²) in [6, 6.07) is 5.19. The number of ether oxygens (including phenoxy) is 1. The maximum atomic E-state index is 11.2. The van der Waals surface area contributed by atoms with Gasteiger partial charge < -0.3 is 15.8 Å². The Bertz CT molecular complexity index is 377. The molecule has 0 bridgehead atoms. The molecule has 17 heavy (non-hydrogen) atoms. The van der Waals surface area contributed by atoms with Crippen LogP contribution >= 0.6 is 39.9 Å². The third-order valence-electron chi connectivity index (χ3n) is 1.72. The molecule has 0 saturated heterocycles. The highest BCUT2D eigenvalue weighted by Gasteiger charge is 2.05. The maximum Gasteiger partial charge on any atom is 0.257 e. The number of amides is 1. The van der Waals surface area contributed by atoms with Crippen LogP contribution in [0.5, 0.6) is 5.75 Å². The third kappa shape index (κ3) is 6.12. The second-order valence-corrected chi connectivity index (χ2v) is 4.32. The number of nitrogens with one attached hydrogen (secondary N) is 1. The quantitative estimate of drug-likeness (QED) is 0.859.